The third kappa shape index (κ3) is 6.14. The first-order valence-electron chi connectivity index (χ1n) is 4.70. The molecule has 1 heteroatoms. The van der Waals surface area contributed by atoms with E-state index < -0.39 is 0 Å². The maximum absolute atomic E-state index is 12.0. The van der Waals surface area contributed by atoms with Crippen LogP contribution < -0.4 is 0 Å². The summed E-state index contributed by atoms with van der Waals surface area (Å²) < 4.78 is 12.0. The summed E-state index contributed by atoms with van der Waals surface area (Å²) in [4.78, 5) is 0. The first kappa shape index (κ1) is 11.4. The molecule has 0 radical (unpaired) electrons. The average Bonchev–Trinajstić information content (AvgIpc) is 2.10. The van der Waals surface area contributed by atoms with Gasteiger partial charge in [0.2, 0.25) is 0 Å². The quantitative estimate of drug-likeness (QED) is 0.528. The molecule has 12 heavy (non-hydrogen) atoms. The second-order valence-corrected chi connectivity index (χ2v) is 2.86. The smallest absolute Gasteiger partial charge is 0.0931 e. The van der Waals surface area contributed by atoms with Gasteiger partial charge in [0.15, 0.2) is 0 Å². The summed E-state index contributed by atoms with van der Waals surface area (Å²) in [5.74, 6) is 0. The van der Waals surface area contributed by atoms with E-state index in [-0.39, 0.29) is 6.67 Å². The van der Waals surface area contributed by atoms with Gasteiger partial charge in [-0.1, -0.05) is 37.1 Å². The zero-order valence-electron chi connectivity index (χ0n) is 8.15. The highest BCUT2D eigenvalue weighted by molar-refractivity contribution is 5.07. The van der Waals surface area contributed by atoms with E-state index in [2.05, 4.69) is 19.1 Å². The predicted molar refractivity (Wildman–Crippen MR) is 53.0 cm³/mol. The number of halogens is 1. The molecule has 0 aromatic carbocycles. The maximum atomic E-state index is 12.0. The lowest BCUT2D eigenvalue weighted by Gasteiger charge is -2.00. The van der Waals surface area contributed by atoms with Gasteiger partial charge in [0.1, 0.15) is 0 Å². The number of hydrogen-bond donors (Lipinski definition) is 0. The molecule has 0 amide bonds. The Labute approximate surface area is 75.2 Å². The van der Waals surface area contributed by atoms with E-state index in [0.29, 0.717) is 6.42 Å². The SMILES string of the molecule is CC=CCC(=CCCC)CCF. The Kier molecular flexibility index (Phi) is 8.09. The van der Waals surface area contributed by atoms with Crippen LogP contribution in [0.2, 0.25) is 0 Å². The number of rotatable bonds is 6. The molecule has 0 atom stereocenters. The summed E-state index contributed by atoms with van der Waals surface area (Å²) in [5, 5.41) is 0. The van der Waals surface area contributed by atoms with Crippen LogP contribution >= 0.6 is 0 Å². The first-order valence-corrected chi connectivity index (χ1v) is 4.70. The zero-order chi connectivity index (χ0) is 9.23. The van der Waals surface area contributed by atoms with Crippen LogP contribution in [0.15, 0.2) is 23.8 Å². The molecule has 0 spiro atoms. The van der Waals surface area contributed by atoms with Crippen molar-refractivity contribution in [3.05, 3.63) is 23.8 Å². The molecule has 0 bridgehead atoms. The Morgan fingerprint density at radius 2 is 2.17 bits per heavy atom. The molecular weight excluding hydrogens is 151 g/mol. The highest BCUT2D eigenvalue weighted by Crippen LogP contribution is 2.10. The van der Waals surface area contributed by atoms with Crippen molar-refractivity contribution in [3.8, 4) is 0 Å². The minimum atomic E-state index is -0.229. The highest BCUT2D eigenvalue weighted by atomic mass is 19.1. The molecule has 0 aromatic heterocycles. The topological polar surface area (TPSA) is 0 Å². The van der Waals surface area contributed by atoms with Gasteiger partial charge in [0, 0.05) is 0 Å². The Morgan fingerprint density at radius 1 is 1.42 bits per heavy atom. The molecule has 0 aliphatic heterocycles. The van der Waals surface area contributed by atoms with Gasteiger partial charge in [-0.2, -0.15) is 0 Å². The molecule has 0 saturated carbocycles. The fourth-order valence-corrected chi connectivity index (χ4v) is 1.03. The summed E-state index contributed by atoms with van der Waals surface area (Å²) >= 11 is 0. The van der Waals surface area contributed by atoms with Crippen molar-refractivity contribution in [2.45, 2.75) is 39.5 Å². The van der Waals surface area contributed by atoms with Crippen LogP contribution in [0.1, 0.15) is 39.5 Å². The summed E-state index contributed by atoms with van der Waals surface area (Å²) in [5.41, 5.74) is 1.23. The van der Waals surface area contributed by atoms with E-state index in [1.165, 1.54) is 5.57 Å². The van der Waals surface area contributed by atoms with Crippen molar-refractivity contribution in [2.24, 2.45) is 0 Å². The summed E-state index contributed by atoms with van der Waals surface area (Å²) in [6, 6.07) is 0. The van der Waals surface area contributed by atoms with E-state index in [4.69, 9.17) is 0 Å². The van der Waals surface area contributed by atoms with Crippen molar-refractivity contribution in [1.82, 2.24) is 0 Å². The van der Waals surface area contributed by atoms with Gasteiger partial charge in [-0.05, 0) is 26.2 Å². The normalized spacial score (nSPS) is 12.8. The molecule has 0 aliphatic rings. The van der Waals surface area contributed by atoms with Crippen LogP contribution in [-0.4, -0.2) is 6.67 Å². The molecular formula is C11H19F. The second kappa shape index (κ2) is 8.51. The Bertz CT molecular complexity index is 145. The highest BCUT2D eigenvalue weighted by Gasteiger charge is 1.93. The molecule has 0 unspecified atom stereocenters. The van der Waals surface area contributed by atoms with Gasteiger partial charge in [-0.3, -0.25) is 4.39 Å². The van der Waals surface area contributed by atoms with Gasteiger partial charge in [0.25, 0.3) is 0 Å². The van der Waals surface area contributed by atoms with Gasteiger partial charge >= 0.3 is 0 Å². The molecule has 0 aliphatic carbocycles. The van der Waals surface area contributed by atoms with Crippen molar-refractivity contribution in [3.63, 3.8) is 0 Å². The molecule has 0 heterocycles. The van der Waals surface area contributed by atoms with Crippen LogP contribution in [-0.2, 0) is 0 Å². The molecule has 0 fully saturated rings. The van der Waals surface area contributed by atoms with E-state index in [1.807, 2.05) is 13.0 Å². The van der Waals surface area contributed by atoms with Crippen LogP contribution in [0, 0.1) is 0 Å². The van der Waals surface area contributed by atoms with Crippen molar-refractivity contribution < 1.29 is 4.39 Å². The number of alkyl halides is 1. The molecule has 0 nitrogen and oxygen atoms in total. The van der Waals surface area contributed by atoms with E-state index in [1.54, 1.807) is 0 Å². The second-order valence-electron chi connectivity index (χ2n) is 2.86. The minimum Gasteiger partial charge on any atom is -0.251 e. The van der Waals surface area contributed by atoms with Gasteiger partial charge in [-0.15, -0.1) is 0 Å². The Morgan fingerprint density at radius 3 is 2.67 bits per heavy atom. The lowest BCUT2D eigenvalue weighted by atomic mass is 10.1. The first-order chi connectivity index (χ1) is 5.85. The average molecular weight is 170 g/mol. The molecule has 70 valence electrons. The third-order valence-electron chi connectivity index (χ3n) is 1.75. The number of hydrogen-bond acceptors (Lipinski definition) is 0. The van der Waals surface area contributed by atoms with E-state index >= 15 is 0 Å². The third-order valence-corrected chi connectivity index (χ3v) is 1.75. The van der Waals surface area contributed by atoms with Crippen LogP contribution in [0.3, 0.4) is 0 Å². The summed E-state index contributed by atoms with van der Waals surface area (Å²) in [6.45, 7) is 3.90. The monoisotopic (exact) mass is 170 g/mol. The minimum absolute atomic E-state index is 0.229. The van der Waals surface area contributed by atoms with Gasteiger partial charge in [0.05, 0.1) is 6.67 Å². The van der Waals surface area contributed by atoms with Gasteiger partial charge < -0.3 is 0 Å². The van der Waals surface area contributed by atoms with Gasteiger partial charge in [-0.25, -0.2) is 0 Å². The predicted octanol–water partition coefficient (Wildman–Crippen LogP) is 4.04. The lowest BCUT2D eigenvalue weighted by Crippen LogP contribution is -1.84. The molecule has 0 saturated heterocycles. The Hall–Kier alpha value is -0.590. The fourth-order valence-electron chi connectivity index (χ4n) is 1.03. The zero-order valence-corrected chi connectivity index (χ0v) is 8.15. The van der Waals surface area contributed by atoms with Crippen molar-refractivity contribution in [1.29, 1.82) is 0 Å². The van der Waals surface area contributed by atoms with E-state index in [9.17, 15) is 4.39 Å². The summed E-state index contributed by atoms with van der Waals surface area (Å²) in [6.07, 6.45) is 10.00. The fraction of sp³-hybridized carbons (Fsp3) is 0.636. The maximum Gasteiger partial charge on any atom is 0.0931 e. The van der Waals surface area contributed by atoms with Crippen molar-refractivity contribution >= 4 is 0 Å². The largest absolute Gasteiger partial charge is 0.251 e. The lowest BCUT2D eigenvalue weighted by molar-refractivity contribution is 0.491. The van der Waals surface area contributed by atoms with Crippen LogP contribution in [0.5, 0.6) is 0 Å². The number of allylic oxidation sites excluding steroid dienone is 4. The molecule has 0 rings (SSSR count). The standard InChI is InChI=1S/C11H19F/c1-3-5-7-11(9-10-12)8-6-4-2/h3,5,8H,4,6-7,9-10H2,1-2H3. The molecule has 0 aromatic rings. The van der Waals surface area contributed by atoms with Crippen LogP contribution in [0.4, 0.5) is 4.39 Å². The van der Waals surface area contributed by atoms with Crippen LogP contribution in [0.25, 0.3) is 0 Å². The van der Waals surface area contributed by atoms with E-state index in [0.717, 1.165) is 19.3 Å². The van der Waals surface area contributed by atoms with Crippen molar-refractivity contribution in [2.75, 3.05) is 6.67 Å². The number of unbranched alkanes of at least 4 members (excludes halogenated alkanes) is 1. The Balaban J connectivity index is 3.84. The molecule has 0 N–H and O–H groups in total. The summed E-state index contributed by atoms with van der Waals surface area (Å²) in [7, 11) is 0.